The maximum atomic E-state index is 11.8. The van der Waals surface area contributed by atoms with Crippen LogP contribution in [0.25, 0.3) is 11.1 Å². The first-order valence-electron chi connectivity index (χ1n) is 6.14. The first-order chi connectivity index (χ1) is 9.67. The molecule has 2 aromatic rings. The number of ether oxygens (including phenoxy) is 1. The molecule has 20 heavy (non-hydrogen) atoms. The average molecular weight is 270 g/mol. The number of rotatable bonds is 4. The minimum absolute atomic E-state index is 0.0515. The van der Waals surface area contributed by atoms with Gasteiger partial charge >= 0.3 is 0 Å². The summed E-state index contributed by atoms with van der Waals surface area (Å²) in [5.41, 5.74) is 1.49. The van der Waals surface area contributed by atoms with E-state index in [9.17, 15) is 4.79 Å². The van der Waals surface area contributed by atoms with Gasteiger partial charge in [-0.1, -0.05) is 18.2 Å². The van der Waals surface area contributed by atoms with E-state index < -0.39 is 5.56 Å². The summed E-state index contributed by atoms with van der Waals surface area (Å²) in [6.45, 7) is 1.80. The highest BCUT2D eigenvalue weighted by Gasteiger charge is 2.14. The van der Waals surface area contributed by atoms with E-state index in [4.69, 9.17) is 15.1 Å². The highest BCUT2D eigenvalue weighted by Crippen LogP contribution is 2.31. The molecule has 0 atom stereocenters. The fraction of sp³-hybridized carbons (Fsp3) is 0.200. The molecule has 1 heterocycles. The number of nitriles is 1. The number of aromatic nitrogens is 1. The third-order valence-electron chi connectivity index (χ3n) is 2.81. The molecular weight excluding hydrogens is 256 g/mol. The fourth-order valence-electron chi connectivity index (χ4n) is 1.98. The Morgan fingerprint density at radius 1 is 1.35 bits per heavy atom. The molecular formula is C15H14N2O3. The molecule has 0 amide bonds. The van der Waals surface area contributed by atoms with Gasteiger partial charge in [-0.2, -0.15) is 5.26 Å². The third-order valence-corrected chi connectivity index (χ3v) is 2.81. The number of aromatic amines is 1. The van der Waals surface area contributed by atoms with E-state index in [0.717, 1.165) is 0 Å². The zero-order valence-electron chi connectivity index (χ0n) is 11.0. The van der Waals surface area contributed by atoms with E-state index in [2.05, 4.69) is 4.98 Å². The van der Waals surface area contributed by atoms with Crippen LogP contribution in [0.3, 0.4) is 0 Å². The van der Waals surface area contributed by atoms with E-state index >= 15 is 0 Å². The highest BCUT2D eigenvalue weighted by molar-refractivity contribution is 5.75. The van der Waals surface area contributed by atoms with Crippen molar-refractivity contribution in [2.24, 2.45) is 0 Å². The summed E-state index contributed by atoms with van der Waals surface area (Å²) < 4.78 is 5.45. The smallest absolute Gasteiger partial charge is 0.266 e. The second-order valence-electron chi connectivity index (χ2n) is 4.25. The Morgan fingerprint density at radius 2 is 2.10 bits per heavy atom. The lowest BCUT2D eigenvalue weighted by Crippen LogP contribution is -2.13. The summed E-state index contributed by atoms with van der Waals surface area (Å²) in [6.07, 6.45) is 0. The molecule has 0 saturated heterocycles. The quantitative estimate of drug-likeness (QED) is 0.883. The number of nitrogens with zero attached hydrogens (tertiary/aromatic N) is 1. The Hall–Kier alpha value is -2.58. The first-order valence-corrected chi connectivity index (χ1v) is 6.14. The van der Waals surface area contributed by atoms with Crippen LogP contribution < -0.4 is 10.3 Å². The number of H-pyrrole nitrogens is 1. The van der Waals surface area contributed by atoms with Gasteiger partial charge in [-0.25, -0.2) is 0 Å². The minimum Gasteiger partial charge on any atom is -0.491 e. The number of hydrogen-bond donors (Lipinski definition) is 2. The van der Waals surface area contributed by atoms with Crippen molar-refractivity contribution in [3.05, 3.63) is 51.9 Å². The van der Waals surface area contributed by atoms with Crippen LogP contribution in [0.15, 0.2) is 35.1 Å². The molecule has 2 rings (SSSR count). The third kappa shape index (κ3) is 2.71. The van der Waals surface area contributed by atoms with E-state index in [0.29, 0.717) is 22.6 Å². The number of hydrogen-bond acceptors (Lipinski definition) is 4. The number of benzene rings is 1. The minimum atomic E-state index is -0.417. The zero-order chi connectivity index (χ0) is 14.5. The Labute approximate surface area is 116 Å². The van der Waals surface area contributed by atoms with E-state index in [1.807, 2.05) is 6.07 Å². The second kappa shape index (κ2) is 6.04. The molecule has 2 N–H and O–H groups in total. The van der Waals surface area contributed by atoms with Crippen molar-refractivity contribution in [3.8, 4) is 22.9 Å². The largest absolute Gasteiger partial charge is 0.491 e. The van der Waals surface area contributed by atoms with Crippen LogP contribution in [0.5, 0.6) is 5.75 Å². The van der Waals surface area contributed by atoms with Crippen molar-refractivity contribution in [2.75, 3.05) is 13.2 Å². The summed E-state index contributed by atoms with van der Waals surface area (Å²) in [4.78, 5) is 14.4. The van der Waals surface area contributed by atoms with Crippen LogP contribution in [0.2, 0.25) is 0 Å². The predicted octanol–water partition coefficient (Wildman–Crippen LogP) is 1.59. The van der Waals surface area contributed by atoms with Crippen molar-refractivity contribution in [3.63, 3.8) is 0 Å². The molecule has 102 valence electrons. The topological polar surface area (TPSA) is 86.1 Å². The van der Waals surface area contributed by atoms with Crippen LogP contribution in [0.4, 0.5) is 0 Å². The van der Waals surface area contributed by atoms with Crippen LogP contribution >= 0.6 is 0 Å². The molecule has 5 heteroatoms. The van der Waals surface area contributed by atoms with Crippen LogP contribution in [0, 0.1) is 18.3 Å². The van der Waals surface area contributed by atoms with Crippen molar-refractivity contribution in [2.45, 2.75) is 6.92 Å². The Kier molecular flexibility index (Phi) is 4.18. The number of pyridine rings is 1. The molecule has 0 spiro atoms. The number of nitrogens with one attached hydrogen (secondary N) is 1. The van der Waals surface area contributed by atoms with Crippen molar-refractivity contribution >= 4 is 0 Å². The van der Waals surface area contributed by atoms with Crippen molar-refractivity contribution in [1.29, 1.82) is 5.26 Å². The highest BCUT2D eigenvalue weighted by atomic mass is 16.5. The predicted molar refractivity (Wildman–Crippen MR) is 74.5 cm³/mol. The summed E-state index contributed by atoms with van der Waals surface area (Å²) in [5.74, 6) is 0.531. The molecule has 0 unspecified atom stereocenters. The molecule has 0 saturated carbocycles. The molecule has 0 aliphatic carbocycles. The lowest BCUT2D eigenvalue weighted by atomic mass is 10.0. The Morgan fingerprint density at radius 3 is 2.80 bits per heavy atom. The Balaban J connectivity index is 2.63. The maximum absolute atomic E-state index is 11.8. The van der Waals surface area contributed by atoms with Gasteiger partial charge in [0.2, 0.25) is 0 Å². The lowest BCUT2D eigenvalue weighted by molar-refractivity contribution is 0.202. The van der Waals surface area contributed by atoms with E-state index in [1.54, 1.807) is 37.3 Å². The van der Waals surface area contributed by atoms with Gasteiger partial charge in [0.15, 0.2) is 0 Å². The SMILES string of the molecule is Cc1cc(-c2ccccc2OCCO)c(C#N)c(=O)[nH]1. The second-order valence-corrected chi connectivity index (χ2v) is 4.25. The van der Waals surface area contributed by atoms with Gasteiger partial charge in [0.05, 0.1) is 6.61 Å². The lowest BCUT2D eigenvalue weighted by Gasteiger charge is -2.12. The molecule has 0 fully saturated rings. The molecule has 5 nitrogen and oxygen atoms in total. The molecule has 0 aliphatic heterocycles. The Bertz CT molecular complexity index is 714. The molecule has 1 aromatic carbocycles. The van der Waals surface area contributed by atoms with Crippen LogP contribution in [-0.4, -0.2) is 23.3 Å². The zero-order valence-corrected chi connectivity index (χ0v) is 11.0. The number of aliphatic hydroxyl groups is 1. The molecule has 1 aromatic heterocycles. The van der Waals surface area contributed by atoms with E-state index in [-0.39, 0.29) is 18.8 Å². The van der Waals surface area contributed by atoms with Crippen LogP contribution in [-0.2, 0) is 0 Å². The first kappa shape index (κ1) is 13.8. The molecule has 0 radical (unpaired) electrons. The van der Waals surface area contributed by atoms with Gasteiger partial charge in [0, 0.05) is 16.8 Å². The van der Waals surface area contributed by atoms with Gasteiger partial charge in [-0.15, -0.1) is 0 Å². The summed E-state index contributed by atoms with van der Waals surface area (Å²) in [5, 5.41) is 18.0. The normalized spacial score (nSPS) is 10.1. The summed E-state index contributed by atoms with van der Waals surface area (Å²) in [6, 6.07) is 10.8. The van der Waals surface area contributed by atoms with Crippen LogP contribution in [0.1, 0.15) is 11.3 Å². The standard InChI is InChI=1S/C15H14N2O3/c1-10-8-12(13(9-16)15(19)17-10)11-4-2-3-5-14(11)20-7-6-18/h2-5,8,18H,6-7H2,1H3,(H,17,19). The van der Waals surface area contributed by atoms with Crippen molar-refractivity contribution < 1.29 is 9.84 Å². The van der Waals surface area contributed by atoms with Gasteiger partial charge in [-0.05, 0) is 19.1 Å². The van der Waals surface area contributed by atoms with Gasteiger partial charge in [0.1, 0.15) is 24.0 Å². The fourth-order valence-corrected chi connectivity index (χ4v) is 1.98. The van der Waals surface area contributed by atoms with Crippen molar-refractivity contribution in [1.82, 2.24) is 4.98 Å². The average Bonchev–Trinajstić information content (AvgIpc) is 2.44. The van der Waals surface area contributed by atoms with Gasteiger partial charge < -0.3 is 14.8 Å². The summed E-state index contributed by atoms with van der Waals surface area (Å²) >= 11 is 0. The van der Waals surface area contributed by atoms with Gasteiger partial charge in [-0.3, -0.25) is 4.79 Å². The summed E-state index contributed by atoms with van der Waals surface area (Å²) in [7, 11) is 0. The number of para-hydroxylation sites is 1. The molecule has 0 bridgehead atoms. The van der Waals surface area contributed by atoms with E-state index in [1.165, 1.54) is 0 Å². The number of aryl methyl sites for hydroxylation is 1. The molecule has 0 aliphatic rings. The maximum Gasteiger partial charge on any atom is 0.266 e. The van der Waals surface area contributed by atoms with Gasteiger partial charge in [0.25, 0.3) is 5.56 Å². The monoisotopic (exact) mass is 270 g/mol. The number of aliphatic hydroxyl groups excluding tert-OH is 1.